The first-order chi connectivity index (χ1) is 12.4. The minimum Gasteiger partial charge on any atom is -0.493 e. The monoisotopic (exact) mass is 415 g/mol. The van der Waals surface area contributed by atoms with Gasteiger partial charge in [0.25, 0.3) is 0 Å². The molecule has 1 atom stereocenters. The van der Waals surface area contributed by atoms with Crippen molar-refractivity contribution in [3.05, 3.63) is 52.0 Å². The third kappa shape index (κ3) is 3.51. The number of hydrogen-bond acceptors (Lipinski definition) is 4. The van der Waals surface area contributed by atoms with Gasteiger partial charge in [-0.3, -0.25) is 0 Å². The third-order valence-electron chi connectivity index (χ3n) is 4.48. The summed E-state index contributed by atoms with van der Waals surface area (Å²) >= 11 is 12.1. The quantitative estimate of drug-likeness (QED) is 0.719. The zero-order valence-electron chi connectivity index (χ0n) is 14.4. The van der Waals surface area contributed by atoms with Crippen molar-refractivity contribution >= 4 is 33.2 Å². The summed E-state index contributed by atoms with van der Waals surface area (Å²) in [5.74, 6) is 1.16. The molecule has 2 aromatic rings. The first-order valence-electron chi connectivity index (χ1n) is 8.07. The number of ether oxygens (including phenoxy) is 2. The Bertz CT molecular complexity index is 917. The van der Waals surface area contributed by atoms with E-state index in [9.17, 15) is 8.42 Å². The van der Waals surface area contributed by atoms with E-state index >= 15 is 0 Å². The Labute approximate surface area is 163 Å². The first-order valence-corrected chi connectivity index (χ1v) is 10.3. The molecule has 0 aliphatic carbocycles. The van der Waals surface area contributed by atoms with Crippen molar-refractivity contribution in [2.45, 2.75) is 23.8 Å². The molecule has 5 nitrogen and oxygen atoms in total. The fourth-order valence-electron chi connectivity index (χ4n) is 3.22. The van der Waals surface area contributed by atoms with Crippen LogP contribution in [0.15, 0.2) is 41.3 Å². The second kappa shape index (κ2) is 7.64. The third-order valence-corrected chi connectivity index (χ3v) is 7.10. The van der Waals surface area contributed by atoms with Gasteiger partial charge >= 0.3 is 0 Å². The van der Waals surface area contributed by atoms with Gasteiger partial charge in [-0.15, -0.1) is 0 Å². The molecule has 0 saturated carbocycles. The van der Waals surface area contributed by atoms with Gasteiger partial charge < -0.3 is 9.47 Å². The van der Waals surface area contributed by atoms with Crippen LogP contribution in [0.2, 0.25) is 10.0 Å². The van der Waals surface area contributed by atoms with Crippen molar-refractivity contribution in [2.75, 3.05) is 20.8 Å². The van der Waals surface area contributed by atoms with Crippen LogP contribution in [0.25, 0.3) is 0 Å². The van der Waals surface area contributed by atoms with Crippen molar-refractivity contribution in [1.82, 2.24) is 4.31 Å². The van der Waals surface area contributed by atoms with Gasteiger partial charge in [0.15, 0.2) is 11.5 Å². The minimum atomic E-state index is -3.78. The molecule has 0 radical (unpaired) electrons. The fourth-order valence-corrected chi connectivity index (χ4v) is 5.64. The summed E-state index contributed by atoms with van der Waals surface area (Å²) in [4.78, 5) is 0.0269. The summed E-state index contributed by atoms with van der Waals surface area (Å²) in [6.07, 6.45) is 1.48. The molecular weight excluding hydrogens is 397 g/mol. The molecule has 140 valence electrons. The molecule has 0 unspecified atom stereocenters. The van der Waals surface area contributed by atoms with E-state index in [1.54, 1.807) is 26.4 Å². The summed E-state index contributed by atoms with van der Waals surface area (Å²) in [5, 5.41) is 0.488. The molecule has 0 N–H and O–H groups in total. The van der Waals surface area contributed by atoms with E-state index in [2.05, 4.69) is 0 Å². The predicted octanol–water partition coefficient (Wildman–Crippen LogP) is 4.54. The zero-order chi connectivity index (χ0) is 18.9. The van der Waals surface area contributed by atoms with Crippen molar-refractivity contribution in [2.24, 2.45) is 0 Å². The van der Waals surface area contributed by atoms with Crippen LogP contribution in [0.5, 0.6) is 11.5 Å². The van der Waals surface area contributed by atoms with Crippen molar-refractivity contribution in [3.63, 3.8) is 0 Å². The average Bonchev–Trinajstić information content (AvgIpc) is 3.13. The highest BCUT2D eigenvalue weighted by atomic mass is 35.5. The van der Waals surface area contributed by atoms with Crippen molar-refractivity contribution < 1.29 is 17.9 Å². The van der Waals surface area contributed by atoms with E-state index in [4.69, 9.17) is 32.7 Å². The number of methoxy groups -OCH3 is 2. The minimum absolute atomic E-state index is 0.0269. The molecule has 2 aromatic carbocycles. The topological polar surface area (TPSA) is 55.8 Å². The molecule has 8 heteroatoms. The van der Waals surface area contributed by atoms with Gasteiger partial charge in [0.05, 0.1) is 25.3 Å². The second-order valence-corrected chi connectivity index (χ2v) is 8.67. The molecule has 3 rings (SSSR count). The van der Waals surface area contributed by atoms with Gasteiger partial charge in [0, 0.05) is 11.6 Å². The molecule has 0 aromatic heterocycles. The van der Waals surface area contributed by atoms with E-state index in [1.165, 1.54) is 16.4 Å². The van der Waals surface area contributed by atoms with Gasteiger partial charge in [0.1, 0.15) is 4.90 Å². The van der Waals surface area contributed by atoms with Gasteiger partial charge in [0.2, 0.25) is 10.0 Å². The van der Waals surface area contributed by atoms with Crippen LogP contribution in [-0.2, 0) is 10.0 Å². The van der Waals surface area contributed by atoms with Crippen molar-refractivity contribution in [3.8, 4) is 11.5 Å². The maximum atomic E-state index is 13.2. The zero-order valence-corrected chi connectivity index (χ0v) is 16.7. The molecule has 0 amide bonds. The van der Waals surface area contributed by atoms with Gasteiger partial charge in [-0.25, -0.2) is 8.42 Å². The van der Waals surface area contributed by atoms with Crippen LogP contribution in [0.1, 0.15) is 24.4 Å². The maximum absolute atomic E-state index is 13.2. The van der Waals surface area contributed by atoms with Crippen LogP contribution in [0.4, 0.5) is 0 Å². The smallest absolute Gasteiger partial charge is 0.245 e. The highest BCUT2D eigenvalue weighted by Crippen LogP contribution is 2.41. The number of rotatable bonds is 5. The molecule has 1 aliphatic rings. The standard InChI is InChI=1S/C18H19Cl2NO4S/c1-24-16-8-5-12(10-17(16)25-2)15-4-3-9-21(15)26(22,23)18-11-13(19)6-7-14(18)20/h5-8,10-11,15H,3-4,9H2,1-2H3/t15-/m1/s1. The van der Waals surface area contributed by atoms with Crippen LogP contribution in [0, 0.1) is 0 Å². The molecule has 1 heterocycles. The highest BCUT2D eigenvalue weighted by Gasteiger charge is 2.37. The molecule has 0 spiro atoms. The van der Waals surface area contributed by atoms with Crippen LogP contribution < -0.4 is 9.47 Å². The Balaban J connectivity index is 2.01. The van der Waals surface area contributed by atoms with E-state index in [-0.39, 0.29) is 16.0 Å². The molecule has 1 fully saturated rings. The number of hydrogen-bond donors (Lipinski definition) is 0. The van der Waals surface area contributed by atoms with Crippen LogP contribution >= 0.6 is 23.2 Å². The van der Waals surface area contributed by atoms with Gasteiger partial charge in [-0.05, 0) is 48.7 Å². The number of nitrogens with zero attached hydrogens (tertiary/aromatic N) is 1. The van der Waals surface area contributed by atoms with E-state index < -0.39 is 10.0 Å². The lowest BCUT2D eigenvalue weighted by Crippen LogP contribution is -2.31. The Morgan fingerprint density at radius 3 is 2.46 bits per heavy atom. The fraction of sp³-hybridized carbons (Fsp3) is 0.333. The lowest BCUT2D eigenvalue weighted by molar-refractivity contribution is 0.351. The Morgan fingerprint density at radius 2 is 1.77 bits per heavy atom. The lowest BCUT2D eigenvalue weighted by atomic mass is 10.0. The number of benzene rings is 2. The summed E-state index contributed by atoms with van der Waals surface area (Å²) in [6.45, 7) is 0.421. The number of halogens is 2. The SMILES string of the molecule is COc1ccc([C@H]2CCCN2S(=O)(=O)c2cc(Cl)ccc2Cl)cc1OC. The van der Waals surface area contributed by atoms with Gasteiger partial charge in [-0.2, -0.15) is 4.31 Å². The Morgan fingerprint density at radius 1 is 1.04 bits per heavy atom. The summed E-state index contributed by atoms with van der Waals surface area (Å²) < 4.78 is 38.5. The molecule has 26 heavy (non-hydrogen) atoms. The van der Waals surface area contributed by atoms with E-state index in [1.807, 2.05) is 12.1 Å². The van der Waals surface area contributed by atoms with E-state index in [0.29, 0.717) is 29.5 Å². The summed E-state index contributed by atoms with van der Waals surface area (Å²) in [5.41, 5.74) is 0.849. The molecule has 0 bridgehead atoms. The predicted molar refractivity (Wildman–Crippen MR) is 102 cm³/mol. The lowest BCUT2D eigenvalue weighted by Gasteiger charge is -2.25. The summed E-state index contributed by atoms with van der Waals surface area (Å²) in [6, 6.07) is 9.62. The normalized spacial score (nSPS) is 18.1. The summed E-state index contributed by atoms with van der Waals surface area (Å²) in [7, 11) is -0.667. The first kappa shape index (κ1) is 19.3. The molecule has 1 aliphatic heterocycles. The van der Waals surface area contributed by atoms with Gasteiger partial charge in [-0.1, -0.05) is 29.3 Å². The van der Waals surface area contributed by atoms with E-state index in [0.717, 1.165) is 12.0 Å². The Hall–Kier alpha value is -1.47. The Kier molecular flexibility index (Phi) is 5.67. The highest BCUT2D eigenvalue weighted by molar-refractivity contribution is 7.89. The second-order valence-electron chi connectivity index (χ2n) is 5.96. The molecule has 1 saturated heterocycles. The largest absolute Gasteiger partial charge is 0.493 e. The van der Waals surface area contributed by atoms with Crippen molar-refractivity contribution in [1.29, 1.82) is 0 Å². The molecular formula is C18H19Cl2NO4S. The maximum Gasteiger partial charge on any atom is 0.245 e. The average molecular weight is 416 g/mol. The number of sulfonamides is 1. The van der Waals surface area contributed by atoms with Crippen LogP contribution in [-0.4, -0.2) is 33.5 Å². The van der Waals surface area contributed by atoms with Crippen LogP contribution in [0.3, 0.4) is 0 Å².